The molecule has 2 N–H and O–H groups in total. The number of fused-ring (bicyclic) bond motifs is 4. The summed E-state index contributed by atoms with van der Waals surface area (Å²) in [6.45, 7) is 4.15. The molecule has 0 heterocycles. The summed E-state index contributed by atoms with van der Waals surface area (Å²) in [6, 6.07) is 0. The molecule has 9 atom stereocenters. The van der Waals surface area contributed by atoms with Gasteiger partial charge in [0.2, 0.25) is 0 Å². The van der Waals surface area contributed by atoms with Crippen molar-refractivity contribution in [3.8, 4) is 11.8 Å². The highest BCUT2D eigenvalue weighted by atomic mass is 16.3. The van der Waals surface area contributed by atoms with Crippen LogP contribution in [0.4, 0.5) is 0 Å². The SMILES string of the molecule is CC(O)C#CC1=C[C@H]2CC[C@H]3[C@@H]4CC[C@H]5C[C@H](O)CC[C@]5(C)[C@H]4CC[C@]23C1=O. The van der Waals surface area contributed by atoms with Gasteiger partial charge in [0.1, 0.15) is 6.10 Å². The van der Waals surface area contributed by atoms with Gasteiger partial charge in [0.15, 0.2) is 5.78 Å². The van der Waals surface area contributed by atoms with Crippen LogP contribution in [-0.4, -0.2) is 28.2 Å². The number of ketones is 1. The first-order chi connectivity index (χ1) is 13.4. The van der Waals surface area contributed by atoms with E-state index in [0.29, 0.717) is 40.6 Å². The van der Waals surface area contributed by atoms with Crippen LogP contribution in [0.25, 0.3) is 0 Å². The predicted octanol–water partition coefficient (Wildman–Crippen LogP) is 3.88. The largest absolute Gasteiger partial charge is 0.393 e. The monoisotopic (exact) mass is 382 g/mol. The molecule has 3 heteroatoms. The van der Waals surface area contributed by atoms with E-state index in [1.165, 1.54) is 19.3 Å². The molecule has 152 valence electrons. The molecule has 0 radical (unpaired) electrons. The fourth-order valence-corrected chi connectivity index (χ4v) is 8.44. The van der Waals surface area contributed by atoms with Crippen LogP contribution in [0.2, 0.25) is 0 Å². The average molecular weight is 383 g/mol. The van der Waals surface area contributed by atoms with Crippen molar-refractivity contribution in [1.29, 1.82) is 0 Å². The van der Waals surface area contributed by atoms with Crippen molar-refractivity contribution in [3.05, 3.63) is 11.6 Å². The van der Waals surface area contributed by atoms with Gasteiger partial charge in [0.25, 0.3) is 0 Å². The van der Waals surface area contributed by atoms with Gasteiger partial charge in [-0.25, -0.2) is 0 Å². The lowest BCUT2D eigenvalue weighted by molar-refractivity contribution is -0.148. The lowest BCUT2D eigenvalue weighted by Crippen LogP contribution is -2.55. The first-order valence-electron chi connectivity index (χ1n) is 11.5. The number of rotatable bonds is 0. The summed E-state index contributed by atoms with van der Waals surface area (Å²) in [5.74, 6) is 9.00. The zero-order valence-corrected chi connectivity index (χ0v) is 17.3. The second-order valence-corrected chi connectivity index (χ2v) is 10.7. The minimum atomic E-state index is -0.685. The normalized spacial score (nSPS) is 50.4. The van der Waals surface area contributed by atoms with E-state index in [4.69, 9.17) is 0 Å². The summed E-state index contributed by atoms with van der Waals surface area (Å²) >= 11 is 0. The van der Waals surface area contributed by atoms with Crippen molar-refractivity contribution in [3.63, 3.8) is 0 Å². The van der Waals surface area contributed by atoms with Gasteiger partial charge in [-0.05, 0) is 99.7 Å². The zero-order valence-electron chi connectivity index (χ0n) is 17.3. The fraction of sp³-hybridized carbons (Fsp3) is 0.800. The number of carbonyl (C=O) groups excluding carboxylic acids is 1. The number of Topliss-reactive ketones (excluding diaryl/α,β-unsaturated/α-hetero) is 1. The van der Waals surface area contributed by atoms with Crippen molar-refractivity contribution in [1.82, 2.24) is 0 Å². The first kappa shape index (κ1) is 18.9. The maximum atomic E-state index is 13.6. The molecule has 1 unspecified atom stereocenters. The van der Waals surface area contributed by atoms with E-state index in [0.717, 1.165) is 38.5 Å². The lowest BCUT2D eigenvalue weighted by atomic mass is 9.44. The minimum absolute atomic E-state index is 0.101. The van der Waals surface area contributed by atoms with Crippen LogP contribution in [0.1, 0.15) is 71.6 Å². The standard InChI is InChI=1S/C25H34O3/c1-15(26)3-4-16-13-18-6-8-22-20-7-5-17-14-19(27)9-11-24(17,2)21(20)10-12-25(18,22)23(16)28/h13,15,17-22,26-27H,5-12,14H2,1-2H3/t15?,17-,18+,19+,20+,21-,22-,24-,25-/m0/s1. The molecule has 5 aliphatic carbocycles. The third kappa shape index (κ3) is 2.47. The number of aliphatic hydroxyl groups is 2. The topological polar surface area (TPSA) is 57.5 Å². The summed E-state index contributed by atoms with van der Waals surface area (Å²) in [7, 11) is 0. The molecule has 0 bridgehead atoms. The number of carbonyl (C=O) groups is 1. The number of aliphatic hydroxyl groups excluding tert-OH is 2. The molecule has 0 aromatic carbocycles. The van der Waals surface area contributed by atoms with E-state index in [9.17, 15) is 15.0 Å². The Morgan fingerprint density at radius 3 is 2.71 bits per heavy atom. The van der Waals surface area contributed by atoms with Crippen molar-refractivity contribution >= 4 is 5.78 Å². The molecule has 4 saturated carbocycles. The summed E-state index contributed by atoms with van der Waals surface area (Å²) in [4.78, 5) is 13.6. The van der Waals surface area contributed by atoms with E-state index in [-0.39, 0.29) is 17.3 Å². The summed E-state index contributed by atoms with van der Waals surface area (Å²) in [5.41, 5.74) is 0.836. The van der Waals surface area contributed by atoms with Gasteiger partial charge in [-0.3, -0.25) is 4.79 Å². The quantitative estimate of drug-likeness (QED) is 0.625. The molecule has 5 aliphatic rings. The van der Waals surface area contributed by atoms with E-state index >= 15 is 0 Å². The van der Waals surface area contributed by atoms with Gasteiger partial charge in [-0.1, -0.05) is 24.8 Å². The van der Waals surface area contributed by atoms with Crippen molar-refractivity contribution < 1.29 is 15.0 Å². The lowest BCUT2D eigenvalue weighted by Gasteiger charge is -2.60. The van der Waals surface area contributed by atoms with Crippen LogP contribution in [0, 0.1) is 52.3 Å². The van der Waals surface area contributed by atoms with Gasteiger partial charge >= 0.3 is 0 Å². The fourth-order valence-electron chi connectivity index (χ4n) is 8.44. The first-order valence-corrected chi connectivity index (χ1v) is 11.5. The van der Waals surface area contributed by atoms with Crippen LogP contribution in [0.5, 0.6) is 0 Å². The van der Waals surface area contributed by atoms with Crippen molar-refractivity contribution in [2.45, 2.75) is 83.8 Å². The Morgan fingerprint density at radius 2 is 1.93 bits per heavy atom. The molecule has 28 heavy (non-hydrogen) atoms. The Labute approximate surface area is 169 Å². The van der Waals surface area contributed by atoms with Gasteiger partial charge < -0.3 is 10.2 Å². The Hall–Kier alpha value is -1.11. The molecule has 4 fully saturated rings. The number of hydrogen-bond donors (Lipinski definition) is 2. The molecule has 5 rings (SSSR count). The zero-order chi connectivity index (χ0) is 19.7. The van der Waals surface area contributed by atoms with E-state index in [2.05, 4.69) is 24.8 Å². The molecule has 0 amide bonds. The molecular formula is C25H34O3. The molecule has 1 spiro atoms. The highest BCUT2D eigenvalue weighted by Crippen LogP contribution is 2.69. The van der Waals surface area contributed by atoms with Crippen LogP contribution >= 0.6 is 0 Å². The van der Waals surface area contributed by atoms with Crippen molar-refractivity contribution in [2.24, 2.45) is 40.4 Å². The van der Waals surface area contributed by atoms with E-state index in [1.54, 1.807) is 6.92 Å². The smallest absolute Gasteiger partial charge is 0.177 e. The Balaban J connectivity index is 1.44. The van der Waals surface area contributed by atoms with Gasteiger partial charge in [0.05, 0.1) is 11.7 Å². The van der Waals surface area contributed by atoms with Crippen LogP contribution in [-0.2, 0) is 4.79 Å². The summed E-state index contributed by atoms with van der Waals surface area (Å²) in [6.07, 6.45) is 11.4. The molecule has 0 aromatic heterocycles. The van der Waals surface area contributed by atoms with Crippen LogP contribution in [0.15, 0.2) is 11.6 Å². The second kappa shape index (κ2) is 6.44. The third-order valence-corrected chi connectivity index (χ3v) is 9.67. The summed E-state index contributed by atoms with van der Waals surface area (Å²) < 4.78 is 0. The van der Waals surface area contributed by atoms with Gasteiger partial charge in [0, 0.05) is 5.41 Å². The highest BCUT2D eigenvalue weighted by Gasteiger charge is 2.65. The van der Waals surface area contributed by atoms with Gasteiger partial charge in [-0.2, -0.15) is 0 Å². The number of allylic oxidation sites excluding steroid dienone is 2. The second-order valence-electron chi connectivity index (χ2n) is 10.7. The predicted molar refractivity (Wildman–Crippen MR) is 108 cm³/mol. The Kier molecular flexibility index (Phi) is 4.35. The van der Waals surface area contributed by atoms with Crippen LogP contribution in [0.3, 0.4) is 0 Å². The maximum Gasteiger partial charge on any atom is 0.177 e. The molecule has 3 nitrogen and oxygen atoms in total. The van der Waals surface area contributed by atoms with Gasteiger partial charge in [-0.15, -0.1) is 0 Å². The molecular weight excluding hydrogens is 348 g/mol. The minimum Gasteiger partial charge on any atom is -0.393 e. The molecule has 0 aliphatic heterocycles. The van der Waals surface area contributed by atoms with Crippen LogP contribution < -0.4 is 0 Å². The van der Waals surface area contributed by atoms with E-state index < -0.39 is 6.10 Å². The van der Waals surface area contributed by atoms with Crippen molar-refractivity contribution in [2.75, 3.05) is 0 Å². The third-order valence-electron chi connectivity index (χ3n) is 9.67. The molecule has 0 aromatic rings. The Bertz CT molecular complexity index is 770. The average Bonchev–Trinajstić information content (AvgIpc) is 3.15. The summed E-state index contributed by atoms with van der Waals surface area (Å²) in [5, 5.41) is 19.7. The Morgan fingerprint density at radius 1 is 1.11 bits per heavy atom. The molecule has 0 saturated heterocycles. The highest BCUT2D eigenvalue weighted by molar-refractivity contribution is 6.07. The number of hydrogen-bond acceptors (Lipinski definition) is 3. The maximum absolute atomic E-state index is 13.6. The van der Waals surface area contributed by atoms with E-state index in [1.807, 2.05) is 0 Å².